The number of amides is 1. The van der Waals surface area contributed by atoms with Crippen molar-refractivity contribution in [3.05, 3.63) is 75.7 Å². The van der Waals surface area contributed by atoms with Crippen molar-refractivity contribution in [2.24, 2.45) is 10.8 Å². The molecular weight excluding hydrogens is 973 g/mol. The number of phosphoric ester groups is 2. The molecule has 0 saturated carbocycles. The van der Waals surface area contributed by atoms with Gasteiger partial charge in [-0.15, -0.1) is 0 Å². The van der Waals surface area contributed by atoms with Crippen molar-refractivity contribution in [3.63, 3.8) is 0 Å². The number of phosphoric acid groups is 2. The number of nitrogens with zero attached hydrogens (tertiary/aromatic N) is 9. The van der Waals surface area contributed by atoms with Gasteiger partial charge in [-0.05, 0) is 36.3 Å². The van der Waals surface area contributed by atoms with Crippen LogP contribution in [0.25, 0.3) is 21.6 Å². The van der Waals surface area contributed by atoms with Crippen molar-refractivity contribution < 1.29 is 71.0 Å². The zero-order valence-corrected chi connectivity index (χ0v) is 38.3. The van der Waals surface area contributed by atoms with Crippen LogP contribution in [-0.2, 0) is 53.1 Å². The second kappa shape index (κ2) is 22.9. The number of rotatable bonds is 22. The maximum Gasteiger partial charge on any atom is 0.472 e. The number of anilines is 2. The number of aromatic nitrogens is 6. The van der Waals surface area contributed by atoms with E-state index in [4.69, 9.17) is 50.7 Å². The predicted octanol–water partition coefficient (Wildman–Crippen LogP) is 1.67. The molecular formula is C34H45N13O16P2S2. The highest BCUT2D eigenvalue weighted by molar-refractivity contribution is 8.76. The first-order chi connectivity index (χ1) is 31.9. The van der Waals surface area contributed by atoms with E-state index in [0.29, 0.717) is 11.3 Å². The van der Waals surface area contributed by atoms with Crippen LogP contribution in [0.4, 0.5) is 22.1 Å². The number of hydrogen-bond donors (Lipinski definition) is 8. The van der Waals surface area contributed by atoms with Crippen molar-refractivity contribution in [1.29, 1.82) is 0 Å². The zero-order valence-electron chi connectivity index (χ0n) is 34.9. The summed E-state index contributed by atoms with van der Waals surface area (Å²) in [5, 5.41) is 17.6. The molecule has 33 heteroatoms. The van der Waals surface area contributed by atoms with Gasteiger partial charge in [0.05, 0.1) is 19.5 Å². The molecule has 0 radical (unpaired) electrons. The molecule has 0 aliphatic carbocycles. The van der Waals surface area contributed by atoms with Gasteiger partial charge in [0, 0.05) is 35.0 Å². The average Bonchev–Trinajstić information content (AvgIpc) is 3.97. The van der Waals surface area contributed by atoms with Crippen LogP contribution < -0.4 is 28.2 Å². The monoisotopic (exact) mass is 1020 g/mol. The van der Waals surface area contributed by atoms with Gasteiger partial charge in [-0.1, -0.05) is 51.0 Å². The summed E-state index contributed by atoms with van der Waals surface area (Å²) in [5.41, 5.74) is 26.8. The van der Waals surface area contributed by atoms with Crippen LogP contribution in [0.3, 0.4) is 0 Å². The number of nitrogens with two attached hydrogens (primary N) is 3. The van der Waals surface area contributed by atoms with Crippen LogP contribution in [0.15, 0.2) is 59.1 Å². The highest BCUT2D eigenvalue weighted by atomic mass is 33.1. The molecule has 0 spiro atoms. The smallest absolute Gasteiger partial charge is 0.455 e. The van der Waals surface area contributed by atoms with Crippen LogP contribution in [0.1, 0.15) is 37.3 Å². The maximum atomic E-state index is 13.6. The van der Waals surface area contributed by atoms with Gasteiger partial charge in [-0.3, -0.25) is 27.5 Å². The summed E-state index contributed by atoms with van der Waals surface area (Å²) in [4.78, 5) is 86.8. The Hall–Kier alpha value is -4.94. The van der Waals surface area contributed by atoms with Gasteiger partial charge in [0.2, 0.25) is 0 Å². The minimum absolute atomic E-state index is 0.00151. The topological polar surface area (TPSA) is 431 Å². The van der Waals surface area contributed by atoms with E-state index >= 15 is 0 Å². The molecule has 3 unspecified atom stereocenters. The third-order valence-electron chi connectivity index (χ3n) is 9.95. The van der Waals surface area contributed by atoms with Crippen molar-refractivity contribution in [3.8, 4) is 0 Å². The molecule has 10 atom stereocenters. The number of imidazole rings is 1. The number of carbonyl (C=O) groups is 2. The third kappa shape index (κ3) is 13.8. The average molecular weight is 1020 g/mol. The second-order valence-electron chi connectivity index (χ2n) is 14.5. The molecule has 4 aromatic rings. The number of fused-ring (bicyclic) bond motifs is 1. The molecule has 0 bridgehead atoms. The minimum atomic E-state index is -5.22. The summed E-state index contributed by atoms with van der Waals surface area (Å²) in [6, 6.07) is 6.57. The number of aliphatic hydroxyl groups is 1. The molecule has 29 nitrogen and oxygen atoms in total. The van der Waals surface area contributed by atoms with Gasteiger partial charge in [0.25, 0.3) is 0 Å². The standard InChI is InChI=1S/C34H45N13O16P2S2/c1-66-67-18(11-39-34(51)57-12-17-4-2-3-5-20(17)44-45-38)6-7-19(35)32(49)62-28-23(61-31(27(28)48)47-16-42-26-29(37)40-15-41-30(26)47)14-59-65(55,56)63-21-10-25(46-9-8-24(36)43-33(46)50)60-22(21)13-58-64(52,53)54/h2-5,8-9,15-16,18-19,21-23,25,27-28,31,48H,6-7,10-14,35H2,1H3,(H,39,51)(H,55,56)(H2,36,43,50)(H2,37,40,41)(H2,52,53,54)/t18?,19?,21-,22+,23-,25+,27+,28+,31-/m0/s1. The highest BCUT2D eigenvalue weighted by Gasteiger charge is 2.50. The summed E-state index contributed by atoms with van der Waals surface area (Å²) >= 11 is 0. The highest BCUT2D eigenvalue weighted by Crippen LogP contribution is 2.50. The van der Waals surface area contributed by atoms with E-state index in [-0.39, 0.29) is 60.5 Å². The van der Waals surface area contributed by atoms with Gasteiger partial charge < -0.3 is 61.3 Å². The summed E-state index contributed by atoms with van der Waals surface area (Å²) in [6.07, 6.45) is -5.80. The molecule has 6 rings (SSSR count). The quantitative estimate of drug-likeness (QED) is 0.0139. The lowest BCUT2D eigenvalue weighted by molar-refractivity contribution is -0.158. The zero-order chi connectivity index (χ0) is 48.5. The SMILES string of the molecule is CSSC(CCC(N)C(=O)O[C@H]1[C@@H](O)[C@@H](n2cnc3c(N)ncnc32)O[C@H]1COP(=O)(O)O[C@H]1C[C@H](n2ccc(N)nc2=O)O[C@@H]1COP(=O)(O)O)CNC(=O)OCc1ccccc1N=[N+]=[N-]. The molecule has 2 fully saturated rings. The van der Waals surface area contributed by atoms with Crippen molar-refractivity contribution in [2.75, 3.05) is 37.5 Å². The van der Waals surface area contributed by atoms with E-state index in [2.05, 4.69) is 39.8 Å². The Morgan fingerprint density at radius 1 is 1.07 bits per heavy atom. The Morgan fingerprint density at radius 2 is 1.84 bits per heavy atom. The van der Waals surface area contributed by atoms with Crippen LogP contribution in [0.2, 0.25) is 0 Å². The Bertz CT molecular complexity index is 2590. The number of esters is 1. The predicted molar refractivity (Wildman–Crippen MR) is 235 cm³/mol. The molecule has 11 N–H and O–H groups in total. The Kier molecular flexibility index (Phi) is 17.6. The molecule has 2 aliphatic rings. The molecule has 67 heavy (non-hydrogen) atoms. The number of benzene rings is 1. The minimum Gasteiger partial charge on any atom is -0.455 e. The van der Waals surface area contributed by atoms with Crippen LogP contribution in [0, 0.1) is 0 Å². The number of carbonyl (C=O) groups excluding carboxylic acids is 2. The van der Waals surface area contributed by atoms with Gasteiger partial charge in [0.1, 0.15) is 61.0 Å². The third-order valence-corrected chi connectivity index (χ3v) is 13.7. The van der Waals surface area contributed by atoms with E-state index in [1.807, 2.05) is 6.26 Å². The largest absolute Gasteiger partial charge is 0.472 e. The number of hydrogen-bond acceptors (Lipinski definition) is 23. The molecule has 5 heterocycles. The molecule has 2 saturated heterocycles. The number of ether oxygens (including phenoxy) is 4. The number of alkyl carbamates (subject to hydrolysis) is 1. The van der Waals surface area contributed by atoms with Crippen LogP contribution in [0.5, 0.6) is 0 Å². The van der Waals surface area contributed by atoms with Gasteiger partial charge in [0.15, 0.2) is 23.8 Å². The number of azide groups is 1. The normalized spacial score (nSPS) is 23.5. The van der Waals surface area contributed by atoms with Crippen molar-refractivity contribution in [1.82, 2.24) is 34.4 Å². The lowest BCUT2D eigenvalue weighted by Crippen LogP contribution is -2.43. The molecule has 1 aromatic carbocycles. The van der Waals surface area contributed by atoms with Crippen LogP contribution in [-0.4, -0.2) is 129 Å². The van der Waals surface area contributed by atoms with Crippen LogP contribution >= 0.6 is 37.2 Å². The summed E-state index contributed by atoms with van der Waals surface area (Å²) in [5.74, 6) is -1.11. The maximum absolute atomic E-state index is 13.6. The lowest BCUT2D eigenvalue weighted by Gasteiger charge is -2.25. The summed E-state index contributed by atoms with van der Waals surface area (Å²) in [7, 11) is -7.50. The summed E-state index contributed by atoms with van der Waals surface area (Å²) < 4.78 is 65.3. The first kappa shape index (κ1) is 51.5. The molecule has 2 aliphatic heterocycles. The van der Waals surface area contributed by atoms with Gasteiger partial charge >= 0.3 is 33.4 Å². The van der Waals surface area contributed by atoms with E-state index in [9.17, 15) is 43.3 Å². The number of nitrogens with one attached hydrogen (secondary N) is 1. The van der Waals surface area contributed by atoms with E-state index in [1.165, 1.54) is 44.7 Å². The molecule has 1 amide bonds. The second-order valence-corrected chi connectivity index (χ2v) is 19.9. The molecule has 3 aromatic heterocycles. The van der Waals surface area contributed by atoms with Gasteiger partial charge in [-0.25, -0.2) is 33.7 Å². The lowest BCUT2D eigenvalue weighted by atomic mass is 10.1. The first-order valence-corrected chi connectivity index (χ1v) is 25.3. The Labute approximate surface area is 386 Å². The number of nitrogen functional groups attached to an aromatic ring is 2. The van der Waals surface area contributed by atoms with Gasteiger partial charge in [-0.2, -0.15) is 4.98 Å². The van der Waals surface area contributed by atoms with Crippen molar-refractivity contribution >= 4 is 77.8 Å². The Balaban J connectivity index is 1.11. The van der Waals surface area contributed by atoms with E-state index < -0.39 is 95.6 Å². The van der Waals surface area contributed by atoms with E-state index in [0.717, 1.165) is 10.9 Å². The first-order valence-electron chi connectivity index (χ1n) is 19.7. The Morgan fingerprint density at radius 3 is 2.57 bits per heavy atom. The molecule has 364 valence electrons. The summed E-state index contributed by atoms with van der Waals surface area (Å²) in [6.45, 7) is -1.79. The fraction of sp³-hybridized carbons (Fsp3) is 0.500. The number of aliphatic hydroxyl groups excluding tert-OH is 1. The fourth-order valence-corrected chi connectivity index (χ4v) is 10.1. The fourth-order valence-electron chi connectivity index (χ4n) is 6.80. The van der Waals surface area contributed by atoms with E-state index in [1.54, 1.807) is 24.3 Å². The van der Waals surface area contributed by atoms with Crippen molar-refractivity contribution in [2.45, 2.75) is 80.1 Å².